The molecule has 1 aliphatic heterocycles. The molecule has 4 N–H and O–H groups in total. The number of hydrogen-bond donors (Lipinski definition) is 4. The van der Waals surface area contributed by atoms with Crippen molar-refractivity contribution in [2.75, 3.05) is 24.2 Å². The van der Waals surface area contributed by atoms with Crippen LogP contribution in [0.25, 0.3) is 0 Å². The smallest absolute Gasteiger partial charge is 0.322 e. The second-order valence-corrected chi connectivity index (χ2v) is 10.6. The van der Waals surface area contributed by atoms with Crippen LogP contribution in [-0.2, 0) is 21.2 Å². The summed E-state index contributed by atoms with van der Waals surface area (Å²) in [6, 6.07) is 13.2. The van der Waals surface area contributed by atoms with Crippen LogP contribution in [0.5, 0.6) is 0 Å². The van der Waals surface area contributed by atoms with Crippen molar-refractivity contribution in [1.82, 2.24) is 10.0 Å². The van der Waals surface area contributed by atoms with Crippen molar-refractivity contribution in [2.24, 2.45) is 0 Å². The summed E-state index contributed by atoms with van der Waals surface area (Å²) in [6.45, 7) is 3.84. The van der Waals surface area contributed by atoms with Gasteiger partial charge in [0.15, 0.2) is 0 Å². The Hall–Kier alpha value is -2.46. The van der Waals surface area contributed by atoms with Gasteiger partial charge < -0.3 is 15.7 Å². The van der Waals surface area contributed by atoms with Crippen molar-refractivity contribution in [3.63, 3.8) is 0 Å². The molecule has 8 nitrogen and oxygen atoms in total. The van der Waals surface area contributed by atoms with Crippen LogP contribution in [0.4, 0.5) is 5.69 Å². The van der Waals surface area contributed by atoms with E-state index in [0.29, 0.717) is 35.6 Å². The highest BCUT2D eigenvalue weighted by Gasteiger charge is 2.24. The lowest BCUT2D eigenvalue weighted by molar-refractivity contribution is -0.138. The summed E-state index contributed by atoms with van der Waals surface area (Å²) >= 11 is 0. The van der Waals surface area contributed by atoms with Crippen LogP contribution in [0.1, 0.15) is 60.0 Å². The first kappa shape index (κ1) is 28.8. The molecule has 1 heterocycles. The lowest BCUT2D eigenvalue weighted by Gasteiger charge is -2.23. The molecule has 3 rings (SSSR count). The van der Waals surface area contributed by atoms with E-state index in [1.165, 1.54) is 5.56 Å². The maximum atomic E-state index is 12.8. The molecule has 192 valence electrons. The van der Waals surface area contributed by atoms with Gasteiger partial charge in [-0.15, -0.1) is 12.4 Å². The van der Waals surface area contributed by atoms with Gasteiger partial charge >= 0.3 is 5.97 Å². The van der Waals surface area contributed by atoms with Crippen LogP contribution in [-0.4, -0.2) is 50.3 Å². The molecule has 2 aromatic rings. The second kappa shape index (κ2) is 13.6. The van der Waals surface area contributed by atoms with Crippen LogP contribution in [0, 0.1) is 0 Å². The van der Waals surface area contributed by atoms with Crippen molar-refractivity contribution >= 4 is 40.0 Å². The van der Waals surface area contributed by atoms with E-state index >= 15 is 0 Å². The number of anilines is 1. The summed E-state index contributed by atoms with van der Waals surface area (Å²) in [6.07, 6.45) is 3.29. The van der Waals surface area contributed by atoms with Crippen molar-refractivity contribution in [3.8, 4) is 0 Å². The number of rotatable bonds is 11. The number of benzene rings is 2. The van der Waals surface area contributed by atoms with Crippen molar-refractivity contribution in [2.45, 2.75) is 51.0 Å². The molecule has 0 saturated carbocycles. The predicted octanol–water partition coefficient (Wildman–Crippen LogP) is 3.54. The van der Waals surface area contributed by atoms with Crippen LogP contribution < -0.4 is 15.4 Å². The van der Waals surface area contributed by atoms with E-state index in [1.54, 1.807) is 30.3 Å². The maximum absolute atomic E-state index is 12.8. The molecule has 0 aromatic heterocycles. The number of sulfonamides is 1. The van der Waals surface area contributed by atoms with Crippen molar-refractivity contribution < 1.29 is 23.1 Å². The second-order valence-electron chi connectivity index (χ2n) is 8.69. The Kier molecular flexibility index (Phi) is 11.2. The van der Waals surface area contributed by atoms with Gasteiger partial charge in [0, 0.05) is 11.3 Å². The van der Waals surface area contributed by atoms with Gasteiger partial charge in [-0.25, -0.2) is 13.1 Å². The standard InChI is InChI=1S/C25H33N3O5S.ClH/c1-2-3-15-34(32,33)28-23(25(30)31)16-18-7-9-22(10-8-18)27-24(29)21-6-4-5-20(17-21)19-11-13-26-14-12-19;/h4-10,17,19,23,26,28H,2-3,11-16H2,1H3,(H,27,29)(H,30,31);1H. The molecule has 35 heavy (non-hydrogen) atoms. The largest absolute Gasteiger partial charge is 0.480 e. The summed E-state index contributed by atoms with van der Waals surface area (Å²) in [7, 11) is -3.67. The zero-order valence-electron chi connectivity index (χ0n) is 19.8. The number of carboxylic acid groups (broad SMARTS) is 1. The third-order valence-corrected chi connectivity index (χ3v) is 7.47. The van der Waals surface area contributed by atoms with Gasteiger partial charge in [0.1, 0.15) is 6.04 Å². The molecule has 10 heteroatoms. The van der Waals surface area contributed by atoms with E-state index in [1.807, 2.05) is 19.1 Å². The van der Waals surface area contributed by atoms with E-state index < -0.39 is 22.0 Å². The van der Waals surface area contributed by atoms with E-state index in [2.05, 4.69) is 21.4 Å². The fourth-order valence-electron chi connectivity index (χ4n) is 4.04. The fourth-order valence-corrected chi connectivity index (χ4v) is 5.45. The zero-order chi connectivity index (χ0) is 24.6. The monoisotopic (exact) mass is 523 g/mol. The highest BCUT2D eigenvalue weighted by Crippen LogP contribution is 2.26. The number of carboxylic acids is 1. The molecule has 1 unspecified atom stereocenters. The Morgan fingerprint density at radius 2 is 1.80 bits per heavy atom. The number of unbranched alkanes of at least 4 members (excludes halogenated alkanes) is 1. The third-order valence-electron chi connectivity index (χ3n) is 6.00. The normalized spacial score (nSPS) is 15.1. The Labute approximate surface area is 213 Å². The first-order chi connectivity index (χ1) is 16.3. The minimum absolute atomic E-state index is 0. The van der Waals surface area contributed by atoms with Crippen LogP contribution in [0.2, 0.25) is 0 Å². The quantitative estimate of drug-likeness (QED) is 0.357. The molecule has 1 amide bonds. The molecule has 0 bridgehead atoms. The summed E-state index contributed by atoms with van der Waals surface area (Å²) in [5.74, 6) is -1.09. The lowest BCUT2D eigenvalue weighted by atomic mass is 9.89. The fraction of sp³-hybridized carbons (Fsp3) is 0.440. The lowest BCUT2D eigenvalue weighted by Crippen LogP contribution is -2.43. The van der Waals surface area contributed by atoms with Gasteiger partial charge in [0.25, 0.3) is 5.91 Å². The van der Waals surface area contributed by atoms with Gasteiger partial charge in [-0.1, -0.05) is 37.6 Å². The molecule has 0 spiro atoms. The van der Waals surface area contributed by atoms with Gasteiger partial charge in [-0.2, -0.15) is 0 Å². The van der Waals surface area contributed by atoms with Crippen LogP contribution in [0.15, 0.2) is 48.5 Å². The van der Waals surface area contributed by atoms with Crippen molar-refractivity contribution in [3.05, 3.63) is 65.2 Å². The Morgan fingerprint density at radius 3 is 2.43 bits per heavy atom. The molecule has 0 radical (unpaired) electrons. The van der Waals surface area contributed by atoms with Gasteiger partial charge in [-0.05, 0) is 80.1 Å². The van der Waals surface area contributed by atoms with Gasteiger partial charge in [0.05, 0.1) is 5.75 Å². The SMILES string of the molecule is CCCCS(=O)(=O)NC(Cc1ccc(NC(=O)c2cccc(C3CCNCC3)c2)cc1)C(=O)O.Cl. The van der Waals surface area contributed by atoms with E-state index in [9.17, 15) is 23.1 Å². The van der Waals surface area contributed by atoms with E-state index in [0.717, 1.165) is 25.9 Å². The molecule has 1 saturated heterocycles. The minimum atomic E-state index is -3.67. The highest BCUT2D eigenvalue weighted by molar-refractivity contribution is 7.89. The molecule has 1 fully saturated rings. The molecule has 0 aliphatic carbocycles. The first-order valence-electron chi connectivity index (χ1n) is 11.7. The highest BCUT2D eigenvalue weighted by atomic mass is 35.5. The predicted molar refractivity (Wildman–Crippen MR) is 140 cm³/mol. The number of piperidine rings is 1. The van der Waals surface area contributed by atoms with Crippen molar-refractivity contribution in [1.29, 1.82) is 0 Å². The minimum Gasteiger partial charge on any atom is -0.480 e. The van der Waals surface area contributed by atoms with Crippen LogP contribution >= 0.6 is 12.4 Å². The topological polar surface area (TPSA) is 125 Å². The number of amides is 1. The maximum Gasteiger partial charge on any atom is 0.322 e. The number of halogens is 1. The summed E-state index contributed by atoms with van der Waals surface area (Å²) in [5, 5.41) is 15.7. The van der Waals surface area contributed by atoms with E-state index in [-0.39, 0.29) is 30.5 Å². The van der Waals surface area contributed by atoms with E-state index in [4.69, 9.17) is 0 Å². The average molecular weight is 524 g/mol. The third kappa shape index (κ3) is 8.92. The molecule has 1 atom stereocenters. The summed E-state index contributed by atoms with van der Waals surface area (Å²) in [4.78, 5) is 24.3. The Balaban J connectivity index is 0.00000432. The van der Waals surface area contributed by atoms with Gasteiger partial charge in [0.2, 0.25) is 10.0 Å². The number of aliphatic carboxylic acids is 1. The number of carbonyl (C=O) groups is 2. The van der Waals surface area contributed by atoms with Gasteiger partial charge in [-0.3, -0.25) is 9.59 Å². The number of carbonyl (C=O) groups excluding carboxylic acids is 1. The zero-order valence-corrected chi connectivity index (χ0v) is 21.5. The number of nitrogens with one attached hydrogen (secondary N) is 3. The number of hydrogen-bond acceptors (Lipinski definition) is 5. The Bertz CT molecular complexity index is 1090. The first-order valence-corrected chi connectivity index (χ1v) is 13.4. The Morgan fingerprint density at radius 1 is 1.11 bits per heavy atom. The summed E-state index contributed by atoms with van der Waals surface area (Å²) < 4.78 is 26.5. The molecular weight excluding hydrogens is 490 g/mol. The average Bonchev–Trinajstić information content (AvgIpc) is 2.84. The molecule has 1 aliphatic rings. The molecule has 2 aromatic carbocycles. The molecular formula is C25H34ClN3O5S. The summed E-state index contributed by atoms with van der Waals surface area (Å²) in [5.41, 5.74) is 2.99. The van der Waals surface area contributed by atoms with Crippen LogP contribution in [0.3, 0.4) is 0 Å².